The molecule has 1 aromatic rings. The van der Waals surface area contributed by atoms with Gasteiger partial charge in [0.2, 0.25) is 15.9 Å². The average Bonchev–Trinajstić information content (AvgIpc) is 2.33. The van der Waals surface area contributed by atoms with Crippen molar-refractivity contribution in [2.24, 2.45) is 5.73 Å². The summed E-state index contributed by atoms with van der Waals surface area (Å²) >= 11 is 11.7. The number of halogens is 2. The molecule has 4 N–H and O–H groups in total. The molecule has 114 valence electrons. The van der Waals surface area contributed by atoms with E-state index in [1.165, 1.54) is 18.2 Å². The molecule has 0 aliphatic rings. The number of sulfonamides is 1. The van der Waals surface area contributed by atoms with Gasteiger partial charge in [0, 0.05) is 6.08 Å². The Balaban J connectivity index is 3.21. The van der Waals surface area contributed by atoms with Gasteiger partial charge in [0.25, 0.3) is 0 Å². The molecule has 1 rings (SSSR count). The van der Waals surface area contributed by atoms with E-state index in [4.69, 9.17) is 34.0 Å². The van der Waals surface area contributed by atoms with Gasteiger partial charge in [-0.3, -0.25) is 4.79 Å². The van der Waals surface area contributed by atoms with Gasteiger partial charge in [-0.05, 0) is 23.8 Å². The Morgan fingerprint density at radius 3 is 2.24 bits per heavy atom. The van der Waals surface area contributed by atoms with Crippen molar-refractivity contribution in [3.63, 3.8) is 0 Å². The summed E-state index contributed by atoms with van der Waals surface area (Å²) in [4.78, 5) is 20.6. The zero-order valence-corrected chi connectivity index (χ0v) is 12.7. The summed E-state index contributed by atoms with van der Waals surface area (Å²) in [6, 6.07) is 2.46. The molecule has 0 atom stereocenters. The number of aliphatic carboxylic acids is 1. The predicted octanol–water partition coefficient (Wildman–Crippen LogP) is 0.855. The SMILES string of the molecule is NC(=O)CNS(=O)(=O)c1c(Cl)cc(C=CC(=O)O)cc1Cl. The van der Waals surface area contributed by atoms with Gasteiger partial charge in [0.1, 0.15) is 4.90 Å². The van der Waals surface area contributed by atoms with Gasteiger partial charge in [-0.25, -0.2) is 17.9 Å². The molecule has 7 nitrogen and oxygen atoms in total. The van der Waals surface area contributed by atoms with Gasteiger partial charge in [-0.1, -0.05) is 23.2 Å². The number of carbonyl (C=O) groups is 2. The molecule has 0 spiro atoms. The monoisotopic (exact) mass is 352 g/mol. The zero-order chi connectivity index (χ0) is 16.2. The summed E-state index contributed by atoms with van der Waals surface area (Å²) < 4.78 is 25.9. The maximum atomic E-state index is 12.0. The molecule has 0 aliphatic heterocycles. The standard InChI is InChI=1S/C11H10Cl2N2O5S/c12-7-3-6(1-2-10(17)18)4-8(13)11(7)21(19,20)15-5-9(14)16/h1-4,15H,5H2,(H2,14,16)(H,17,18). The Labute approximate surface area is 130 Å². The summed E-state index contributed by atoms with van der Waals surface area (Å²) in [6.07, 6.45) is 2.05. The number of benzene rings is 1. The Bertz CT molecular complexity index is 692. The molecular formula is C11H10Cl2N2O5S. The van der Waals surface area contributed by atoms with Crippen LogP contribution in [0.2, 0.25) is 10.0 Å². The number of nitrogens with one attached hydrogen (secondary N) is 1. The zero-order valence-electron chi connectivity index (χ0n) is 10.3. The average molecular weight is 353 g/mol. The van der Waals surface area contributed by atoms with Gasteiger partial charge < -0.3 is 10.8 Å². The van der Waals surface area contributed by atoms with E-state index >= 15 is 0 Å². The molecule has 0 bridgehead atoms. The number of amides is 1. The van der Waals surface area contributed by atoms with E-state index in [9.17, 15) is 18.0 Å². The van der Waals surface area contributed by atoms with Crippen molar-refractivity contribution < 1.29 is 23.1 Å². The third-order valence-electron chi connectivity index (χ3n) is 2.14. The Morgan fingerprint density at radius 2 is 1.81 bits per heavy atom. The van der Waals surface area contributed by atoms with E-state index in [1.807, 2.05) is 4.72 Å². The first-order valence-corrected chi connectivity index (χ1v) is 7.55. The van der Waals surface area contributed by atoms with Crippen LogP contribution in [0.5, 0.6) is 0 Å². The number of carboxylic acids is 1. The van der Waals surface area contributed by atoms with Crippen LogP contribution in [0.1, 0.15) is 5.56 Å². The van der Waals surface area contributed by atoms with E-state index in [-0.39, 0.29) is 10.0 Å². The number of carboxylic acid groups (broad SMARTS) is 1. The fourth-order valence-electron chi connectivity index (χ4n) is 1.34. The molecule has 0 saturated carbocycles. The number of carbonyl (C=O) groups excluding carboxylic acids is 1. The van der Waals surface area contributed by atoms with Gasteiger partial charge in [0.05, 0.1) is 16.6 Å². The molecular weight excluding hydrogens is 343 g/mol. The van der Waals surface area contributed by atoms with Crippen LogP contribution in [0, 0.1) is 0 Å². The topological polar surface area (TPSA) is 127 Å². The summed E-state index contributed by atoms with van der Waals surface area (Å²) in [6.45, 7) is -0.602. The highest BCUT2D eigenvalue weighted by Crippen LogP contribution is 2.31. The van der Waals surface area contributed by atoms with Crippen LogP contribution in [0.4, 0.5) is 0 Å². The first-order chi connectivity index (χ1) is 9.63. The summed E-state index contributed by atoms with van der Waals surface area (Å²) in [5.74, 6) is -2.05. The first-order valence-electron chi connectivity index (χ1n) is 5.31. The van der Waals surface area contributed by atoms with Crippen LogP contribution in [0.3, 0.4) is 0 Å². The molecule has 21 heavy (non-hydrogen) atoms. The summed E-state index contributed by atoms with van der Waals surface area (Å²) in [5.41, 5.74) is 5.16. The lowest BCUT2D eigenvalue weighted by Gasteiger charge is -2.10. The number of hydrogen-bond acceptors (Lipinski definition) is 4. The second-order valence-electron chi connectivity index (χ2n) is 3.78. The molecule has 1 aromatic carbocycles. The van der Waals surface area contributed by atoms with Crippen molar-refractivity contribution in [2.45, 2.75) is 4.90 Å². The maximum Gasteiger partial charge on any atom is 0.328 e. The molecule has 0 fully saturated rings. The van der Waals surface area contributed by atoms with E-state index < -0.39 is 33.3 Å². The lowest BCUT2D eigenvalue weighted by Crippen LogP contribution is -2.33. The van der Waals surface area contributed by atoms with Crippen LogP contribution >= 0.6 is 23.2 Å². The minimum Gasteiger partial charge on any atom is -0.478 e. The lowest BCUT2D eigenvalue weighted by atomic mass is 10.2. The van der Waals surface area contributed by atoms with E-state index in [0.717, 1.165) is 6.08 Å². The smallest absolute Gasteiger partial charge is 0.328 e. The van der Waals surface area contributed by atoms with Gasteiger partial charge in [0.15, 0.2) is 0 Å². The first kappa shape index (κ1) is 17.4. The molecule has 0 saturated heterocycles. The molecule has 1 amide bonds. The van der Waals surface area contributed by atoms with Gasteiger partial charge in [-0.15, -0.1) is 0 Å². The fourth-order valence-corrected chi connectivity index (χ4v) is 3.56. The highest BCUT2D eigenvalue weighted by Gasteiger charge is 2.22. The lowest BCUT2D eigenvalue weighted by molar-refractivity contribution is -0.131. The van der Waals surface area contributed by atoms with Crippen molar-refractivity contribution in [3.05, 3.63) is 33.8 Å². The second-order valence-corrected chi connectivity index (χ2v) is 6.29. The number of nitrogens with two attached hydrogens (primary N) is 1. The number of primary amides is 1. The van der Waals surface area contributed by atoms with Gasteiger partial charge >= 0.3 is 5.97 Å². The maximum absolute atomic E-state index is 12.0. The van der Waals surface area contributed by atoms with Crippen molar-refractivity contribution in [1.82, 2.24) is 4.72 Å². The van der Waals surface area contributed by atoms with Gasteiger partial charge in [-0.2, -0.15) is 0 Å². The Hall–Kier alpha value is -1.61. The van der Waals surface area contributed by atoms with Crippen LogP contribution in [0.25, 0.3) is 6.08 Å². The van der Waals surface area contributed by atoms with E-state index in [2.05, 4.69) is 0 Å². The van der Waals surface area contributed by atoms with Crippen molar-refractivity contribution >= 4 is 51.2 Å². The third kappa shape index (κ3) is 5.01. The van der Waals surface area contributed by atoms with Crippen LogP contribution in [0.15, 0.2) is 23.1 Å². The Morgan fingerprint density at radius 1 is 1.29 bits per heavy atom. The minimum absolute atomic E-state index is 0.218. The van der Waals surface area contributed by atoms with Crippen LogP contribution in [-0.2, 0) is 19.6 Å². The minimum atomic E-state index is -4.12. The largest absolute Gasteiger partial charge is 0.478 e. The van der Waals surface area contributed by atoms with Crippen molar-refractivity contribution in [3.8, 4) is 0 Å². The highest BCUT2D eigenvalue weighted by molar-refractivity contribution is 7.89. The number of hydrogen-bond donors (Lipinski definition) is 3. The molecule has 0 aromatic heterocycles. The van der Waals surface area contributed by atoms with E-state index in [1.54, 1.807) is 0 Å². The van der Waals surface area contributed by atoms with Crippen molar-refractivity contribution in [2.75, 3.05) is 6.54 Å². The Kier molecular flexibility index (Phi) is 5.73. The summed E-state index contributed by atoms with van der Waals surface area (Å²) in [5, 5.41) is 8.08. The molecule has 0 heterocycles. The quantitative estimate of drug-likeness (QED) is 0.654. The predicted molar refractivity (Wildman–Crippen MR) is 77.5 cm³/mol. The summed E-state index contributed by atoms with van der Waals surface area (Å²) in [7, 11) is -4.12. The number of rotatable bonds is 6. The highest BCUT2D eigenvalue weighted by atomic mass is 35.5. The third-order valence-corrected chi connectivity index (χ3v) is 4.47. The molecule has 0 unspecified atom stereocenters. The normalized spacial score (nSPS) is 11.7. The van der Waals surface area contributed by atoms with E-state index in [0.29, 0.717) is 5.56 Å². The van der Waals surface area contributed by atoms with Crippen LogP contribution < -0.4 is 10.5 Å². The molecule has 0 aliphatic carbocycles. The fraction of sp³-hybridized carbons (Fsp3) is 0.0909. The molecule has 10 heteroatoms. The molecule has 0 radical (unpaired) electrons. The van der Waals surface area contributed by atoms with Crippen LogP contribution in [-0.4, -0.2) is 31.9 Å². The van der Waals surface area contributed by atoms with Crippen molar-refractivity contribution in [1.29, 1.82) is 0 Å². The second kappa shape index (κ2) is 6.90.